The summed E-state index contributed by atoms with van der Waals surface area (Å²) < 4.78 is 30.3. The normalized spacial score (nSPS) is 12.4. The van der Waals surface area contributed by atoms with E-state index in [1.54, 1.807) is 31.3 Å². The first-order chi connectivity index (χ1) is 11.8. The van der Waals surface area contributed by atoms with Gasteiger partial charge in [-0.3, -0.25) is 4.79 Å². The van der Waals surface area contributed by atoms with Crippen molar-refractivity contribution in [1.82, 2.24) is 4.90 Å². The second kappa shape index (κ2) is 8.16. The molecule has 0 spiro atoms. The Balaban J connectivity index is 2.08. The topological polar surface area (TPSA) is 63.7 Å². The van der Waals surface area contributed by atoms with Crippen LogP contribution in [0.4, 0.5) is 0 Å². The van der Waals surface area contributed by atoms with E-state index in [1.807, 2.05) is 30.3 Å². The minimum absolute atomic E-state index is 0.198. The summed E-state index contributed by atoms with van der Waals surface area (Å²) in [5.41, 5.74) is 1.56. The van der Waals surface area contributed by atoms with E-state index in [1.165, 1.54) is 18.9 Å². The lowest BCUT2D eigenvalue weighted by Crippen LogP contribution is -2.39. The summed E-state index contributed by atoms with van der Waals surface area (Å²) in [7, 11) is -0.478. The zero-order chi connectivity index (χ0) is 18.4. The van der Waals surface area contributed by atoms with E-state index in [9.17, 15) is 13.2 Å². The molecule has 0 aromatic heterocycles. The van der Waals surface area contributed by atoms with Gasteiger partial charge in [-0.25, -0.2) is 8.42 Å². The third-order valence-electron chi connectivity index (χ3n) is 4.03. The van der Waals surface area contributed by atoms with Crippen molar-refractivity contribution in [3.8, 4) is 5.75 Å². The van der Waals surface area contributed by atoms with Gasteiger partial charge in [-0.15, -0.1) is 0 Å². The van der Waals surface area contributed by atoms with Crippen molar-refractivity contribution in [2.24, 2.45) is 0 Å². The van der Waals surface area contributed by atoms with Crippen molar-refractivity contribution in [2.75, 3.05) is 14.2 Å². The number of benzene rings is 2. The maximum Gasteiger partial charge on any atom is 0.240 e. The van der Waals surface area contributed by atoms with E-state index in [-0.39, 0.29) is 5.75 Å². The first-order valence-electron chi connectivity index (χ1n) is 7.97. The van der Waals surface area contributed by atoms with Crippen LogP contribution in [0, 0.1) is 0 Å². The molecule has 5 nitrogen and oxygen atoms in total. The van der Waals surface area contributed by atoms with E-state index < -0.39 is 21.0 Å². The van der Waals surface area contributed by atoms with Crippen molar-refractivity contribution >= 4 is 15.7 Å². The average Bonchev–Trinajstić information content (AvgIpc) is 2.61. The van der Waals surface area contributed by atoms with Gasteiger partial charge in [-0.05, 0) is 30.2 Å². The van der Waals surface area contributed by atoms with Gasteiger partial charge in [-0.1, -0.05) is 42.5 Å². The van der Waals surface area contributed by atoms with Gasteiger partial charge in [0.25, 0.3) is 0 Å². The zero-order valence-electron chi connectivity index (χ0n) is 14.7. The van der Waals surface area contributed by atoms with Crippen LogP contribution in [0.3, 0.4) is 0 Å². The Hall–Kier alpha value is -2.34. The van der Waals surface area contributed by atoms with Crippen LogP contribution in [0.1, 0.15) is 18.1 Å². The Morgan fingerprint density at radius 1 is 1.08 bits per heavy atom. The highest BCUT2D eigenvalue weighted by atomic mass is 32.2. The van der Waals surface area contributed by atoms with Crippen LogP contribution >= 0.6 is 0 Å². The van der Waals surface area contributed by atoms with Gasteiger partial charge in [0.15, 0.2) is 9.84 Å². The number of sulfone groups is 1. The number of amides is 1. The molecule has 0 fully saturated rings. The van der Waals surface area contributed by atoms with Gasteiger partial charge in [-0.2, -0.15) is 0 Å². The molecule has 0 radical (unpaired) electrons. The summed E-state index contributed by atoms with van der Waals surface area (Å²) in [6, 6.07) is 16.3. The molecule has 25 heavy (non-hydrogen) atoms. The number of ether oxygens (including phenoxy) is 1. The monoisotopic (exact) mass is 361 g/mol. The van der Waals surface area contributed by atoms with Crippen molar-refractivity contribution in [3.63, 3.8) is 0 Å². The molecule has 1 atom stereocenters. The van der Waals surface area contributed by atoms with Crippen LogP contribution in [-0.2, 0) is 26.9 Å². The summed E-state index contributed by atoms with van der Waals surface area (Å²) in [5.74, 6) is -0.0179. The van der Waals surface area contributed by atoms with Gasteiger partial charge in [0.05, 0.1) is 12.9 Å². The third-order valence-corrected chi connectivity index (χ3v) is 6.04. The summed E-state index contributed by atoms with van der Waals surface area (Å²) in [6.07, 6.45) is 0. The van der Waals surface area contributed by atoms with Crippen molar-refractivity contribution in [3.05, 3.63) is 65.7 Å². The van der Waals surface area contributed by atoms with Gasteiger partial charge >= 0.3 is 0 Å². The number of nitrogens with zero attached hydrogens (tertiary/aromatic N) is 1. The number of hydrogen-bond donors (Lipinski definition) is 0. The average molecular weight is 361 g/mol. The van der Waals surface area contributed by atoms with Crippen LogP contribution in [0.15, 0.2) is 54.6 Å². The van der Waals surface area contributed by atoms with E-state index in [4.69, 9.17) is 4.74 Å². The molecule has 2 aromatic carbocycles. The third kappa shape index (κ3) is 5.06. The predicted octanol–water partition coefficient (Wildman–Crippen LogP) is 2.66. The summed E-state index contributed by atoms with van der Waals surface area (Å²) >= 11 is 0. The second-order valence-corrected chi connectivity index (χ2v) is 8.30. The Labute approximate surface area is 149 Å². The van der Waals surface area contributed by atoms with Gasteiger partial charge in [0, 0.05) is 13.6 Å². The Kier molecular flexibility index (Phi) is 6.20. The minimum atomic E-state index is -3.62. The first-order valence-corrected chi connectivity index (χ1v) is 9.68. The molecule has 0 saturated heterocycles. The SMILES string of the molecule is COc1cccc(CS(=O)(=O)[C@H](C)C(=O)N(C)Cc2ccccc2)c1. The number of carbonyl (C=O) groups is 1. The molecule has 0 saturated carbocycles. The minimum Gasteiger partial charge on any atom is -0.497 e. The number of carbonyl (C=O) groups excluding carboxylic acids is 1. The molecular weight excluding hydrogens is 338 g/mol. The lowest BCUT2D eigenvalue weighted by Gasteiger charge is -2.21. The van der Waals surface area contributed by atoms with Crippen LogP contribution in [0.25, 0.3) is 0 Å². The molecule has 0 aliphatic heterocycles. The van der Waals surface area contributed by atoms with Crippen molar-refractivity contribution in [1.29, 1.82) is 0 Å². The zero-order valence-corrected chi connectivity index (χ0v) is 15.5. The fraction of sp³-hybridized carbons (Fsp3) is 0.316. The maximum atomic E-state index is 12.6. The molecule has 2 rings (SSSR count). The van der Waals surface area contributed by atoms with Gasteiger partial charge in [0.2, 0.25) is 5.91 Å². The largest absolute Gasteiger partial charge is 0.497 e. The van der Waals surface area contributed by atoms with Gasteiger partial charge in [0.1, 0.15) is 11.0 Å². The smallest absolute Gasteiger partial charge is 0.240 e. The fourth-order valence-corrected chi connectivity index (χ4v) is 3.90. The molecule has 134 valence electrons. The molecule has 0 heterocycles. The predicted molar refractivity (Wildman–Crippen MR) is 98.0 cm³/mol. The van der Waals surface area contributed by atoms with E-state index in [0.717, 1.165) is 5.56 Å². The van der Waals surface area contributed by atoms with E-state index in [2.05, 4.69) is 0 Å². The highest BCUT2D eigenvalue weighted by Crippen LogP contribution is 2.18. The number of rotatable bonds is 7. The van der Waals surface area contributed by atoms with Crippen LogP contribution in [0.5, 0.6) is 5.75 Å². The molecule has 0 aliphatic rings. The number of methoxy groups -OCH3 is 1. The van der Waals surface area contributed by atoms with Crippen LogP contribution in [-0.4, -0.2) is 38.6 Å². The lowest BCUT2D eigenvalue weighted by atomic mass is 10.2. The quantitative estimate of drug-likeness (QED) is 0.761. The maximum absolute atomic E-state index is 12.6. The Morgan fingerprint density at radius 3 is 2.36 bits per heavy atom. The van der Waals surface area contributed by atoms with Crippen molar-refractivity contribution in [2.45, 2.75) is 24.5 Å². The molecular formula is C19H23NO4S. The van der Waals surface area contributed by atoms with Crippen LogP contribution in [0.2, 0.25) is 0 Å². The summed E-state index contributed by atoms with van der Waals surface area (Å²) in [6.45, 7) is 1.82. The molecule has 0 unspecified atom stereocenters. The molecule has 6 heteroatoms. The standard InChI is InChI=1S/C19H23NO4S/c1-15(19(21)20(2)13-16-8-5-4-6-9-16)25(22,23)14-17-10-7-11-18(12-17)24-3/h4-12,15H,13-14H2,1-3H3/t15-/m1/s1. The highest BCUT2D eigenvalue weighted by molar-refractivity contribution is 7.92. The Morgan fingerprint density at radius 2 is 1.72 bits per heavy atom. The fourth-order valence-electron chi connectivity index (χ4n) is 2.52. The van der Waals surface area contributed by atoms with Crippen LogP contribution < -0.4 is 4.74 Å². The summed E-state index contributed by atoms with van der Waals surface area (Å²) in [5, 5.41) is -1.10. The van der Waals surface area contributed by atoms with E-state index in [0.29, 0.717) is 17.9 Å². The lowest BCUT2D eigenvalue weighted by molar-refractivity contribution is -0.129. The number of hydrogen-bond acceptors (Lipinski definition) is 4. The first kappa shape index (κ1) is 19.0. The molecule has 1 amide bonds. The van der Waals surface area contributed by atoms with E-state index >= 15 is 0 Å². The van der Waals surface area contributed by atoms with Crippen molar-refractivity contribution < 1.29 is 17.9 Å². The molecule has 0 N–H and O–H groups in total. The second-order valence-electron chi connectivity index (χ2n) is 5.98. The highest BCUT2D eigenvalue weighted by Gasteiger charge is 2.30. The molecule has 0 aliphatic carbocycles. The Bertz CT molecular complexity index is 818. The molecule has 0 bridgehead atoms. The summed E-state index contributed by atoms with van der Waals surface area (Å²) in [4.78, 5) is 14.0. The molecule has 2 aromatic rings. The van der Waals surface area contributed by atoms with Gasteiger partial charge < -0.3 is 9.64 Å².